The number of imidazole rings is 1. The molecule has 0 radical (unpaired) electrons. The summed E-state index contributed by atoms with van der Waals surface area (Å²) in [5, 5.41) is 7.67. The summed E-state index contributed by atoms with van der Waals surface area (Å²) in [5.74, 6) is 2.00. The van der Waals surface area contributed by atoms with Crippen molar-refractivity contribution in [3.63, 3.8) is 0 Å². The molecule has 0 atom stereocenters. The fraction of sp³-hybridized carbons (Fsp3) is 0.500. The molecular formula is C22H30ClN7. The first-order valence-corrected chi connectivity index (χ1v) is 11.1. The summed E-state index contributed by atoms with van der Waals surface area (Å²) in [6.07, 6.45) is 6.96. The first-order chi connectivity index (χ1) is 14.5. The van der Waals surface area contributed by atoms with Crippen LogP contribution in [0.5, 0.6) is 0 Å². The van der Waals surface area contributed by atoms with Crippen LogP contribution in [0.25, 0.3) is 16.9 Å². The van der Waals surface area contributed by atoms with Crippen molar-refractivity contribution >= 4 is 34.5 Å². The number of rotatable bonds is 7. The van der Waals surface area contributed by atoms with Gasteiger partial charge in [-0.2, -0.15) is 9.97 Å². The Bertz CT molecular complexity index is 992. The molecule has 1 fully saturated rings. The molecule has 0 spiro atoms. The number of benzene rings is 1. The zero-order valence-electron chi connectivity index (χ0n) is 17.6. The van der Waals surface area contributed by atoms with Gasteiger partial charge in [0.15, 0.2) is 17.0 Å². The first-order valence-electron chi connectivity index (χ1n) is 10.8. The molecule has 4 rings (SSSR count). The molecule has 0 amide bonds. The molecule has 2 aromatic heterocycles. The smallest absolute Gasteiger partial charge is 0.227 e. The van der Waals surface area contributed by atoms with Crippen molar-refractivity contribution in [1.29, 1.82) is 0 Å². The lowest BCUT2D eigenvalue weighted by molar-refractivity contribution is 0.410. The van der Waals surface area contributed by atoms with Crippen LogP contribution in [0.1, 0.15) is 46.0 Å². The minimum atomic E-state index is 0.309. The molecule has 3 aromatic rings. The Balaban J connectivity index is 1.68. The van der Waals surface area contributed by atoms with E-state index in [0.717, 1.165) is 61.3 Å². The van der Waals surface area contributed by atoms with Gasteiger partial charge in [-0.1, -0.05) is 31.5 Å². The Morgan fingerprint density at radius 2 is 2.00 bits per heavy atom. The van der Waals surface area contributed by atoms with Crippen LogP contribution in [0.15, 0.2) is 30.6 Å². The minimum Gasteiger partial charge on any atom is -0.368 e. The van der Waals surface area contributed by atoms with E-state index in [1.807, 2.05) is 28.8 Å². The molecule has 1 aliphatic rings. The highest BCUT2D eigenvalue weighted by molar-refractivity contribution is 6.30. The third-order valence-corrected chi connectivity index (χ3v) is 5.84. The minimum absolute atomic E-state index is 0.309. The van der Waals surface area contributed by atoms with Gasteiger partial charge >= 0.3 is 0 Å². The van der Waals surface area contributed by atoms with Crippen LogP contribution in [-0.2, 0) is 0 Å². The molecule has 0 saturated heterocycles. The normalized spacial score (nSPS) is 19.4. The third-order valence-electron chi connectivity index (χ3n) is 5.60. The Labute approximate surface area is 182 Å². The van der Waals surface area contributed by atoms with Crippen molar-refractivity contribution in [2.24, 2.45) is 11.7 Å². The SMILES string of the molecule is CC(C)CCNc1nc(NC2CCC(N)CC2)nc2c1ncn2-c1cccc(Cl)c1. The molecule has 0 unspecified atom stereocenters. The molecule has 0 aliphatic heterocycles. The number of hydrogen-bond donors (Lipinski definition) is 3. The average molecular weight is 428 g/mol. The van der Waals surface area contributed by atoms with Crippen LogP contribution in [0.4, 0.5) is 11.8 Å². The first kappa shape index (κ1) is 20.9. The predicted molar refractivity (Wildman–Crippen MR) is 123 cm³/mol. The van der Waals surface area contributed by atoms with Gasteiger partial charge < -0.3 is 16.4 Å². The monoisotopic (exact) mass is 427 g/mol. The van der Waals surface area contributed by atoms with E-state index in [-0.39, 0.29) is 0 Å². The number of fused-ring (bicyclic) bond motifs is 1. The van der Waals surface area contributed by atoms with E-state index in [4.69, 9.17) is 27.3 Å². The van der Waals surface area contributed by atoms with Crippen molar-refractivity contribution in [2.75, 3.05) is 17.2 Å². The second-order valence-corrected chi connectivity index (χ2v) is 8.96. The summed E-state index contributed by atoms with van der Waals surface area (Å²) in [7, 11) is 0. The molecule has 1 saturated carbocycles. The average Bonchev–Trinajstić information content (AvgIpc) is 3.14. The molecule has 8 heteroatoms. The molecule has 1 aliphatic carbocycles. The highest BCUT2D eigenvalue weighted by Crippen LogP contribution is 2.26. The van der Waals surface area contributed by atoms with Gasteiger partial charge in [-0.25, -0.2) is 4.98 Å². The largest absolute Gasteiger partial charge is 0.368 e. The molecule has 7 nitrogen and oxygen atoms in total. The maximum atomic E-state index is 6.21. The number of aromatic nitrogens is 4. The van der Waals surface area contributed by atoms with Gasteiger partial charge in [0.2, 0.25) is 5.95 Å². The van der Waals surface area contributed by atoms with E-state index in [9.17, 15) is 0 Å². The van der Waals surface area contributed by atoms with Gasteiger partial charge in [-0.05, 0) is 56.2 Å². The Morgan fingerprint density at radius 3 is 2.73 bits per heavy atom. The summed E-state index contributed by atoms with van der Waals surface area (Å²) in [6, 6.07) is 8.34. The van der Waals surface area contributed by atoms with Crippen LogP contribution >= 0.6 is 11.6 Å². The van der Waals surface area contributed by atoms with Crippen LogP contribution in [0.3, 0.4) is 0 Å². The van der Waals surface area contributed by atoms with Gasteiger partial charge in [0.25, 0.3) is 0 Å². The standard InChI is InChI=1S/C22H30ClN7/c1-14(2)10-11-25-20-19-21(30(13-26-19)18-5-3-4-15(23)12-18)29-22(28-20)27-17-8-6-16(24)7-9-17/h3-5,12-14,16-17H,6-11,24H2,1-2H3,(H2,25,27,28,29). The highest BCUT2D eigenvalue weighted by atomic mass is 35.5. The number of halogens is 1. The lowest BCUT2D eigenvalue weighted by Crippen LogP contribution is -2.33. The number of nitrogens with one attached hydrogen (secondary N) is 2. The molecule has 1 aromatic carbocycles. The fourth-order valence-corrected chi connectivity index (χ4v) is 4.01. The van der Waals surface area contributed by atoms with Crippen molar-refractivity contribution in [1.82, 2.24) is 19.5 Å². The number of nitrogens with two attached hydrogens (primary N) is 1. The second-order valence-electron chi connectivity index (χ2n) is 8.53. The molecule has 0 bridgehead atoms. The van der Waals surface area contributed by atoms with Crippen LogP contribution in [-0.4, -0.2) is 38.1 Å². The fourth-order valence-electron chi connectivity index (χ4n) is 3.83. The number of hydrogen-bond acceptors (Lipinski definition) is 6. The van der Waals surface area contributed by atoms with E-state index in [1.165, 1.54) is 0 Å². The lowest BCUT2D eigenvalue weighted by atomic mass is 9.92. The van der Waals surface area contributed by atoms with Gasteiger partial charge in [0.05, 0.1) is 5.69 Å². The van der Waals surface area contributed by atoms with Gasteiger partial charge in [0.1, 0.15) is 6.33 Å². The van der Waals surface area contributed by atoms with Crippen LogP contribution in [0, 0.1) is 5.92 Å². The van der Waals surface area contributed by atoms with Gasteiger partial charge in [0, 0.05) is 23.7 Å². The van der Waals surface area contributed by atoms with Crippen molar-refractivity contribution < 1.29 is 0 Å². The van der Waals surface area contributed by atoms with E-state index in [2.05, 4.69) is 29.5 Å². The lowest BCUT2D eigenvalue weighted by Gasteiger charge is -2.26. The quantitative estimate of drug-likeness (QED) is 0.509. The molecule has 4 N–H and O–H groups in total. The van der Waals surface area contributed by atoms with Crippen molar-refractivity contribution in [2.45, 2.75) is 58.0 Å². The van der Waals surface area contributed by atoms with E-state index in [0.29, 0.717) is 29.0 Å². The van der Waals surface area contributed by atoms with Crippen LogP contribution in [0.2, 0.25) is 5.02 Å². The second kappa shape index (κ2) is 9.18. The van der Waals surface area contributed by atoms with Gasteiger partial charge in [-0.15, -0.1) is 0 Å². The van der Waals surface area contributed by atoms with Gasteiger partial charge in [-0.3, -0.25) is 4.57 Å². The Morgan fingerprint density at radius 1 is 1.20 bits per heavy atom. The molecular weight excluding hydrogens is 398 g/mol. The molecule has 2 heterocycles. The Hall–Kier alpha value is -2.38. The summed E-state index contributed by atoms with van der Waals surface area (Å²) in [5.41, 5.74) is 8.50. The summed E-state index contributed by atoms with van der Waals surface area (Å²) in [6.45, 7) is 5.27. The van der Waals surface area contributed by atoms with Crippen molar-refractivity contribution in [3.05, 3.63) is 35.6 Å². The molecule has 160 valence electrons. The predicted octanol–water partition coefficient (Wildman–Crippen LogP) is 4.61. The zero-order valence-corrected chi connectivity index (χ0v) is 18.4. The van der Waals surface area contributed by atoms with Crippen LogP contribution < -0.4 is 16.4 Å². The summed E-state index contributed by atoms with van der Waals surface area (Å²) < 4.78 is 1.96. The Kier molecular flexibility index (Phi) is 6.39. The zero-order chi connectivity index (χ0) is 21.1. The maximum absolute atomic E-state index is 6.21. The van der Waals surface area contributed by atoms with Crippen molar-refractivity contribution in [3.8, 4) is 5.69 Å². The summed E-state index contributed by atoms with van der Waals surface area (Å²) in [4.78, 5) is 14.2. The third kappa shape index (κ3) is 4.84. The van der Waals surface area contributed by atoms with E-state index < -0.39 is 0 Å². The number of anilines is 2. The maximum Gasteiger partial charge on any atom is 0.227 e. The summed E-state index contributed by atoms with van der Waals surface area (Å²) >= 11 is 6.21. The van der Waals surface area contributed by atoms with E-state index in [1.54, 1.807) is 6.33 Å². The topological polar surface area (TPSA) is 93.7 Å². The molecule has 30 heavy (non-hydrogen) atoms. The highest BCUT2D eigenvalue weighted by Gasteiger charge is 2.21. The van der Waals surface area contributed by atoms with E-state index >= 15 is 0 Å². The number of nitrogens with zero attached hydrogens (tertiary/aromatic N) is 4.